The van der Waals surface area contributed by atoms with Crippen LogP contribution in [0.3, 0.4) is 0 Å². The molecule has 0 atom stereocenters. The van der Waals surface area contributed by atoms with E-state index in [1.54, 1.807) is 0 Å². The van der Waals surface area contributed by atoms with Crippen LogP contribution in [0.1, 0.15) is 0 Å². The zero-order chi connectivity index (χ0) is 6.41. The molecule has 0 aromatic carbocycles. The number of rotatable bonds is 1. The number of hydrogen-bond donors (Lipinski definition) is 0. The van der Waals surface area contributed by atoms with Crippen molar-refractivity contribution in [2.75, 3.05) is 0 Å². The molecule has 0 spiro atoms. The first-order chi connectivity index (χ1) is 3.85. The van der Waals surface area contributed by atoms with Gasteiger partial charge in [-0.1, -0.05) is 5.16 Å². The standard InChI is InChI=1S/C4H2N3O.W/c1-8-7-4(2-5)3-6;/h1H2;/q-1;. The van der Waals surface area contributed by atoms with Crippen molar-refractivity contribution in [1.29, 1.82) is 10.5 Å². The molecule has 0 unspecified atom stereocenters. The van der Waals surface area contributed by atoms with Gasteiger partial charge in [0.05, 0.1) is 0 Å². The monoisotopic (exact) mass is 292 g/mol. The molecule has 46 valence electrons. The van der Waals surface area contributed by atoms with E-state index in [1.807, 2.05) is 0 Å². The Morgan fingerprint density at radius 1 is 1.44 bits per heavy atom. The van der Waals surface area contributed by atoms with E-state index in [-0.39, 0.29) is 26.8 Å². The van der Waals surface area contributed by atoms with Gasteiger partial charge in [0.25, 0.3) is 5.71 Å². The molecule has 0 heterocycles. The zero-order valence-electron chi connectivity index (χ0n) is 4.37. The van der Waals surface area contributed by atoms with Crippen LogP contribution in [-0.2, 0) is 25.9 Å². The second-order valence-corrected chi connectivity index (χ2v) is 0.793. The van der Waals surface area contributed by atoms with Crippen LogP contribution < -0.4 is 0 Å². The molecular weight excluding hydrogens is 290 g/mol. The van der Waals surface area contributed by atoms with Crippen LogP contribution in [0, 0.1) is 29.8 Å². The Labute approximate surface area is 67.0 Å². The summed E-state index contributed by atoms with van der Waals surface area (Å²) in [6, 6.07) is 2.95. The normalized spacial score (nSPS) is 5.22. The Balaban J connectivity index is 0. The Hall–Kier alpha value is -0.862. The second kappa shape index (κ2) is 7.14. The van der Waals surface area contributed by atoms with E-state index in [4.69, 9.17) is 10.5 Å². The van der Waals surface area contributed by atoms with Gasteiger partial charge < -0.3 is 4.84 Å². The van der Waals surface area contributed by atoms with Crippen molar-refractivity contribution >= 4 is 5.71 Å². The van der Waals surface area contributed by atoms with Crippen molar-refractivity contribution in [3.63, 3.8) is 0 Å². The summed E-state index contributed by atoms with van der Waals surface area (Å²) in [7, 11) is 2.83. The summed E-state index contributed by atoms with van der Waals surface area (Å²) in [4.78, 5) is 3.88. The fraction of sp³-hybridized carbons (Fsp3) is 0. The molecule has 0 aliphatic rings. The van der Waals surface area contributed by atoms with Crippen molar-refractivity contribution < 1.29 is 25.9 Å². The molecule has 0 amide bonds. The fourth-order valence-corrected chi connectivity index (χ4v) is 0.130. The third-order valence-electron chi connectivity index (χ3n) is 0.368. The number of oxime groups is 1. The summed E-state index contributed by atoms with van der Waals surface area (Å²) in [5, 5.41) is 18.8. The van der Waals surface area contributed by atoms with E-state index in [0.29, 0.717) is 0 Å². The third kappa shape index (κ3) is 5.00. The molecule has 0 bridgehead atoms. The van der Waals surface area contributed by atoms with Crippen LogP contribution >= 0.6 is 0 Å². The Kier molecular flexibility index (Phi) is 8.73. The summed E-state index contributed by atoms with van der Waals surface area (Å²) in [5.74, 6) is 0. The van der Waals surface area contributed by atoms with Crippen LogP contribution in [0.5, 0.6) is 0 Å². The maximum Gasteiger partial charge on any atom is 0.252 e. The van der Waals surface area contributed by atoms with Gasteiger partial charge in [-0.25, -0.2) is 0 Å². The molecule has 0 saturated carbocycles. The summed E-state index contributed by atoms with van der Waals surface area (Å²) in [6.45, 7) is 0. The molecule has 0 aromatic heterocycles. The first kappa shape index (κ1) is 11.0. The van der Waals surface area contributed by atoms with Crippen LogP contribution in [0.25, 0.3) is 0 Å². The average Bonchev–Trinajstić information content (AvgIpc) is 1.83. The topological polar surface area (TPSA) is 69.2 Å². The first-order valence-electron chi connectivity index (χ1n) is 1.64. The van der Waals surface area contributed by atoms with E-state index >= 15 is 0 Å². The Morgan fingerprint density at radius 2 is 1.89 bits per heavy atom. The minimum Gasteiger partial charge on any atom is -0.568 e. The van der Waals surface area contributed by atoms with Crippen molar-refractivity contribution in [2.45, 2.75) is 0 Å². The Bertz CT molecular complexity index is 159. The molecule has 0 aliphatic carbocycles. The number of nitriles is 2. The van der Waals surface area contributed by atoms with E-state index in [2.05, 4.69) is 17.1 Å². The SMILES string of the molecule is [CH2-]ON=C(C#N)C#N.[W]. The largest absolute Gasteiger partial charge is 0.568 e. The van der Waals surface area contributed by atoms with Gasteiger partial charge in [-0.05, 0) is 0 Å². The molecule has 0 N–H and O–H groups in total. The van der Waals surface area contributed by atoms with Gasteiger partial charge in [-0.15, -0.1) is 7.11 Å². The van der Waals surface area contributed by atoms with E-state index < -0.39 is 0 Å². The molecule has 0 aliphatic heterocycles. The summed E-state index contributed by atoms with van der Waals surface area (Å²) in [5.41, 5.74) is -0.333. The van der Waals surface area contributed by atoms with Gasteiger partial charge in [0.2, 0.25) is 0 Å². The molecule has 0 saturated heterocycles. The van der Waals surface area contributed by atoms with E-state index in [9.17, 15) is 0 Å². The summed E-state index contributed by atoms with van der Waals surface area (Å²) >= 11 is 0. The fourth-order valence-electron chi connectivity index (χ4n) is 0.130. The third-order valence-corrected chi connectivity index (χ3v) is 0.368. The quantitative estimate of drug-likeness (QED) is 0.394. The molecular formula is C4H2N3OW-. The molecule has 0 fully saturated rings. The second-order valence-electron chi connectivity index (χ2n) is 0.793. The van der Waals surface area contributed by atoms with E-state index in [1.165, 1.54) is 12.1 Å². The maximum atomic E-state index is 7.95. The van der Waals surface area contributed by atoms with Crippen molar-refractivity contribution in [3.8, 4) is 12.1 Å². The minimum absolute atomic E-state index is 0. The predicted molar refractivity (Wildman–Crippen MR) is 25.1 cm³/mol. The van der Waals surface area contributed by atoms with E-state index in [0.717, 1.165) is 0 Å². The first-order valence-corrected chi connectivity index (χ1v) is 1.64. The molecule has 0 rings (SSSR count). The van der Waals surface area contributed by atoms with Crippen LogP contribution in [0.15, 0.2) is 5.16 Å². The van der Waals surface area contributed by atoms with Crippen molar-refractivity contribution in [2.24, 2.45) is 5.16 Å². The number of hydrogen-bond acceptors (Lipinski definition) is 4. The van der Waals surface area contributed by atoms with Crippen LogP contribution in [-0.4, -0.2) is 5.71 Å². The van der Waals surface area contributed by atoms with Crippen molar-refractivity contribution in [1.82, 2.24) is 0 Å². The van der Waals surface area contributed by atoms with Crippen molar-refractivity contribution in [3.05, 3.63) is 7.11 Å². The molecule has 0 radical (unpaired) electrons. The average molecular weight is 292 g/mol. The molecule has 4 nitrogen and oxygen atoms in total. The molecule has 0 aromatic rings. The van der Waals surface area contributed by atoms with Gasteiger partial charge in [0.1, 0.15) is 12.1 Å². The predicted octanol–water partition coefficient (Wildman–Crippen LogP) is 0.195. The Morgan fingerprint density at radius 3 is 2.00 bits per heavy atom. The minimum atomic E-state index is -0.333. The van der Waals surface area contributed by atoms with Gasteiger partial charge in [0.15, 0.2) is 0 Å². The van der Waals surface area contributed by atoms with Crippen LogP contribution in [0.2, 0.25) is 0 Å². The summed E-state index contributed by atoms with van der Waals surface area (Å²) in [6.07, 6.45) is 0. The van der Waals surface area contributed by atoms with Gasteiger partial charge >= 0.3 is 0 Å². The van der Waals surface area contributed by atoms with Gasteiger partial charge in [-0.3, -0.25) is 0 Å². The molecule has 9 heavy (non-hydrogen) atoms. The summed E-state index contributed by atoms with van der Waals surface area (Å²) < 4.78 is 0. The van der Waals surface area contributed by atoms with Gasteiger partial charge in [-0.2, -0.15) is 10.5 Å². The smallest absolute Gasteiger partial charge is 0.252 e. The number of nitrogens with zero attached hydrogens (tertiary/aromatic N) is 3. The zero-order valence-corrected chi connectivity index (χ0v) is 7.30. The van der Waals surface area contributed by atoms with Crippen LogP contribution in [0.4, 0.5) is 0 Å². The molecule has 5 heteroatoms. The maximum absolute atomic E-state index is 7.95. The van der Waals surface area contributed by atoms with Gasteiger partial charge in [0, 0.05) is 21.1 Å².